The number of imidazole rings is 1. The number of primary sulfonamides is 1. The molecule has 11 heteroatoms. The fraction of sp³-hybridized carbons (Fsp3) is 0.318. The molecule has 0 aliphatic heterocycles. The van der Waals surface area contributed by atoms with Crippen molar-refractivity contribution in [3.05, 3.63) is 48.0 Å². The molecule has 2 amide bonds. The van der Waals surface area contributed by atoms with Gasteiger partial charge in [-0.3, -0.25) is 9.59 Å². The van der Waals surface area contributed by atoms with Gasteiger partial charge in [0.05, 0.1) is 28.2 Å². The predicted molar refractivity (Wildman–Crippen MR) is 130 cm³/mol. The Balaban J connectivity index is 1.66. The summed E-state index contributed by atoms with van der Waals surface area (Å²) in [7, 11) is -2.26. The van der Waals surface area contributed by atoms with Crippen molar-refractivity contribution in [2.45, 2.75) is 36.9 Å². The molecule has 3 N–H and O–H groups in total. The van der Waals surface area contributed by atoms with Gasteiger partial charge in [-0.2, -0.15) is 0 Å². The van der Waals surface area contributed by atoms with Crippen LogP contribution < -0.4 is 10.5 Å². The molecule has 1 aromatic heterocycles. The average Bonchev–Trinajstić information content (AvgIpc) is 3.10. The number of thioether (sulfide) groups is 1. The molecule has 0 aliphatic rings. The fourth-order valence-corrected chi connectivity index (χ4v) is 4.71. The van der Waals surface area contributed by atoms with Crippen molar-refractivity contribution in [2.75, 3.05) is 24.7 Å². The van der Waals surface area contributed by atoms with Crippen LogP contribution in [0.1, 0.15) is 18.9 Å². The summed E-state index contributed by atoms with van der Waals surface area (Å²) in [4.78, 5) is 30.7. The van der Waals surface area contributed by atoms with E-state index in [0.717, 1.165) is 17.5 Å². The molecule has 0 unspecified atom stereocenters. The van der Waals surface area contributed by atoms with Crippen molar-refractivity contribution >= 4 is 50.3 Å². The Morgan fingerprint density at radius 1 is 1.18 bits per heavy atom. The zero-order chi connectivity index (χ0) is 24.2. The highest BCUT2D eigenvalue weighted by atomic mass is 32.2. The van der Waals surface area contributed by atoms with Crippen LogP contribution in [0.5, 0.6) is 0 Å². The first-order chi connectivity index (χ1) is 15.6. The predicted octanol–water partition coefficient (Wildman–Crippen LogP) is 2.59. The highest BCUT2D eigenvalue weighted by molar-refractivity contribution is 7.99. The molecule has 3 rings (SSSR count). The van der Waals surface area contributed by atoms with Crippen molar-refractivity contribution in [1.82, 2.24) is 14.5 Å². The highest BCUT2D eigenvalue weighted by Crippen LogP contribution is 2.26. The summed E-state index contributed by atoms with van der Waals surface area (Å²) in [6, 6.07) is 12.0. The Kier molecular flexibility index (Phi) is 7.77. The van der Waals surface area contributed by atoms with Gasteiger partial charge in [-0.15, -0.1) is 0 Å². The van der Waals surface area contributed by atoms with E-state index in [4.69, 9.17) is 5.14 Å². The molecule has 176 valence electrons. The summed E-state index contributed by atoms with van der Waals surface area (Å²) in [5.41, 5.74) is 3.03. The molecule has 2 aromatic carbocycles. The van der Waals surface area contributed by atoms with Crippen LogP contribution in [0.15, 0.2) is 52.5 Å². The van der Waals surface area contributed by atoms with Crippen LogP contribution in [0.4, 0.5) is 5.69 Å². The molecular formula is C22H27N5O4S2. The molecule has 0 spiro atoms. The lowest BCUT2D eigenvalue weighted by atomic mass is 10.2. The van der Waals surface area contributed by atoms with Crippen LogP contribution >= 0.6 is 11.8 Å². The van der Waals surface area contributed by atoms with Gasteiger partial charge < -0.3 is 14.8 Å². The third kappa shape index (κ3) is 6.34. The number of carbonyl (C=O) groups is 2. The van der Waals surface area contributed by atoms with E-state index in [1.807, 2.05) is 42.7 Å². The van der Waals surface area contributed by atoms with Gasteiger partial charge >= 0.3 is 0 Å². The van der Waals surface area contributed by atoms with E-state index < -0.39 is 10.0 Å². The maximum atomic E-state index is 12.6. The molecule has 0 saturated heterocycles. The van der Waals surface area contributed by atoms with Gasteiger partial charge in [0.15, 0.2) is 5.16 Å². The number of aryl methyl sites for hydroxylation is 2. The number of aromatic nitrogens is 2. The molecule has 0 saturated carbocycles. The molecule has 9 nitrogen and oxygen atoms in total. The van der Waals surface area contributed by atoms with Crippen molar-refractivity contribution < 1.29 is 18.0 Å². The molecule has 0 fully saturated rings. The zero-order valence-corrected chi connectivity index (χ0v) is 20.4. The lowest BCUT2D eigenvalue weighted by Crippen LogP contribution is -2.36. The summed E-state index contributed by atoms with van der Waals surface area (Å²) in [5.74, 6) is -0.420. The lowest BCUT2D eigenvalue weighted by molar-refractivity contribution is -0.131. The number of benzene rings is 2. The minimum Gasteiger partial charge on any atom is -0.336 e. The van der Waals surface area contributed by atoms with Crippen LogP contribution in [0.25, 0.3) is 11.0 Å². The van der Waals surface area contributed by atoms with Gasteiger partial charge in [0.1, 0.15) is 0 Å². The Labute approximate surface area is 197 Å². The van der Waals surface area contributed by atoms with E-state index >= 15 is 0 Å². The van der Waals surface area contributed by atoms with E-state index in [1.54, 1.807) is 13.1 Å². The van der Waals surface area contributed by atoms with Gasteiger partial charge in [0, 0.05) is 19.3 Å². The van der Waals surface area contributed by atoms with E-state index in [0.29, 0.717) is 22.9 Å². The van der Waals surface area contributed by atoms with E-state index in [9.17, 15) is 18.0 Å². The third-order valence-electron chi connectivity index (χ3n) is 4.93. The number of hydrogen-bond donors (Lipinski definition) is 2. The zero-order valence-electron chi connectivity index (χ0n) is 18.7. The van der Waals surface area contributed by atoms with Gasteiger partial charge in [0.25, 0.3) is 0 Å². The number of sulfonamides is 1. The number of nitrogens with one attached hydrogen (secondary N) is 1. The fourth-order valence-electron chi connectivity index (χ4n) is 3.19. The Hall–Kier alpha value is -2.89. The third-order valence-corrected chi connectivity index (χ3v) is 6.80. The van der Waals surface area contributed by atoms with Crippen LogP contribution in [0, 0.1) is 6.92 Å². The van der Waals surface area contributed by atoms with Crippen LogP contribution in [-0.2, 0) is 26.2 Å². The molecule has 1 heterocycles. The number of rotatable bonds is 9. The molecule has 0 aliphatic carbocycles. The molecule has 33 heavy (non-hydrogen) atoms. The van der Waals surface area contributed by atoms with Gasteiger partial charge in [-0.25, -0.2) is 18.5 Å². The standard InChI is InChI=1S/C22H27N5O4S2/c1-4-11-27-19-10-9-17(33(23,30)31)12-18(19)25-22(27)32-14-21(29)26(3)13-20(28)24-16-7-5-15(2)6-8-16/h5-10,12H,4,11,13-14H2,1-3H3,(H,24,28)(H2,23,30,31). The first kappa shape index (κ1) is 24.7. The number of hydrogen-bond acceptors (Lipinski definition) is 6. The minimum atomic E-state index is -3.84. The van der Waals surface area contributed by atoms with Crippen molar-refractivity contribution in [3.63, 3.8) is 0 Å². The second kappa shape index (κ2) is 10.4. The number of nitrogens with two attached hydrogens (primary N) is 1. The number of anilines is 1. The normalized spacial score (nSPS) is 11.5. The summed E-state index contributed by atoms with van der Waals surface area (Å²) in [5, 5.41) is 8.60. The van der Waals surface area contributed by atoms with Crippen LogP contribution in [-0.4, -0.2) is 54.0 Å². The number of nitrogens with zero attached hydrogens (tertiary/aromatic N) is 3. The van der Waals surface area contributed by atoms with Crippen molar-refractivity contribution in [3.8, 4) is 0 Å². The number of fused-ring (bicyclic) bond motifs is 1. The van der Waals surface area contributed by atoms with Crippen molar-refractivity contribution in [1.29, 1.82) is 0 Å². The Morgan fingerprint density at radius 3 is 2.52 bits per heavy atom. The lowest BCUT2D eigenvalue weighted by Gasteiger charge is -2.17. The molecule has 0 atom stereocenters. The first-order valence-corrected chi connectivity index (χ1v) is 12.9. The Bertz CT molecular complexity index is 1270. The molecule has 0 radical (unpaired) electrons. The number of likely N-dealkylation sites (N-methyl/N-ethyl adjacent to an activating group) is 1. The topological polar surface area (TPSA) is 127 Å². The SMILES string of the molecule is CCCn1c(SCC(=O)N(C)CC(=O)Nc2ccc(C)cc2)nc2cc(S(N)(=O)=O)ccc21. The summed E-state index contributed by atoms with van der Waals surface area (Å²) >= 11 is 1.24. The highest BCUT2D eigenvalue weighted by Gasteiger charge is 2.18. The molecule has 3 aromatic rings. The smallest absolute Gasteiger partial charge is 0.243 e. The summed E-state index contributed by atoms with van der Waals surface area (Å²) in [6.07, 6.45) is 0.836. The summed E-state index contributed by atoms with van der Waals surface area (Å²) < 4.78 is 25.3. The quantitative estimate of drug-likeness (QED) is 0.445. The van der Waals surface area contributed by atoms with Crippen molar-refractivity contribution in [2.24, 2.45) is 5.14 Å². The van der Waals surface area contributed by atoms with E-state index in [-0.39, 0.29) is 29.0 Å². The van der Waals surface area contributed by atoms with Gasteiger partial charge in [-0.05, 0) is 43.7 Å². The van der Waals surface area contributed by atoms with E-state index in [1.165, 1.54) is 28.8 Å². The van der Waals surface area contributed by atoms with E-state index in [2.05, 4.69) is 10.3 Å². The Morgan fingerprint density at radius 2 is 1.88 bits per heavy atom. The average molecular weight is 490 g/mol. The minimum absolute atomic E-state index is 0.0110. The molecule has 0 bridgehead atoms. The largest absolute Gasteiger partial charge is 0.336 e. The maximum Gasteiger partial charge on any atom is 0.243 e. The second-order valence-electron chi connectivity index (χ2n) is 7.69. The number of carbonyl (C=O) groups excluding carboxylic acids is 2. The van der Waals surface area contributed by atoms with Gasteiger partial charge in [-0.1, -0.05) is 36.4 Å². The maximum absolute atomic E-state index is 12.6. The second-order valence-corrected chi connectivity index (χ2v) is 10.2. The number of amides is 2. The van der Waals surface area contributed by atoms with Crippen LogP contribution in [0.3, 0.4) is 0 Å². The first-order valence-electron chi connectivity index (χ1n) is 10.3. The monoisotopic (exact) mass is 489 g/mol. The van der Waals surface area contributed by atoms with Gasteiger partial charge in [0.2, 0.25) is 21.8 Å². The van der Waals surface area contributed by atoms with Crippen LogP contribution in [0.2, 0.25) is 0 Å². The molecular weight excluding hydrogens is 462 g/mol. The summed E-state index contributed by atoms with van der Waals surface area (Å²) in [6.45, 7) is 4.57.